The molecule has 0 saturated heterocycles. The lowest BCUT2D eigenvalue weighted by Gasteiger charge is -2.03. The molecule has 2 aromatic heterocycles. The van der Waals surface area contributed by atoms with Gasteiger partial charge in [0.2, 0.25) is 11.7 Å². The number of aromatic hydroxyl groups is 1. The lowest BCUT2D eigenvalue weighted by Crippen LogP contribution is -2.24. The van der Waals surface area contributed by atoms with Gasteiger partial charge in [-0.3, -0.25) is 4.79 Å². The smallest absolute Gasteiger partial charge is 0.270 e. The fourth-order valence-corrected chi connectivity index (χ4v) is 3.63. The van der Waals surface area contributed by atoms with E-state index in [2.05, 4.69) is 34.3 Å². The summed E-state index contributed by atoms with van der Waals surface area (Å²) >= 11 is 1.52. The molecule has 2 heterocycles. The van der Waals surface area contributed by atoms with Crippen molar-refractivity contribution in [2.45, 2.75) is 45.4 Å². The number of ether oxygens (including phenoxy) is 1. The summed E-state index contributed by atoms with van der Waals surface area (Å²) in [4.78, 5) is 20.9. The Bertz CT molecular complexity index is 983. The highest BCUT2D eigenvalue weighted by Gasteiger charge is 2.13. The number of carbonyl (C=O) groups is 1. The first-order valence-electron chi connectivity index (χ1n) is 9.91. The second-order valence-corrected chi connectivity index (χ2v) is 8.08. The highest BCUT2D eigenvalue weighted by atomic mass is 32.1. The van der Waals surface area contributed by atoms with Crippen molar-refractivity contribution in [3.05, 3.63) is 40.2 Å². The number of phenolic OH excluding ortho intramolecular Hbond substituents is 1. The summed E-state index contributed by atoms with van der Waals surface area (Å²) in [7, 11) is 1.49. The molecule has 2 N–H and O–H groups in total. The topological polar surface area (TPSA) is 110 Å². The molecule has 1 aromatic carbocycles. The van der Waals surface area contributed by atoms with Crippen molar-refractivity contribution in [1.82, 2.24) is 20.4 Å². The number of hydrogen-bond acceptors (Lipinski definition) is 8. The monoisotopic (exact) mass is 430 g/mol. The number of phenols is 1. The first-order valence-corrected chi connectivity index (χ1v) is 10.8. The zero-order valence-electron chi connectivity index (χ0n) is 17.3. The summed E-state index contributed by atoms with van der Waals surface area (Å²) in [5, 5.41) is 19.4. The predicted molar refractivity (Wildman–Crippen MR) is 114 cm³/mol. The fraction of sp³-hybridized carbons (Fsp3) is 0.429. The van der Waals surface area contributed by atoms with E-state index in [0.29, 0.717) is 47.6 Å². The summed E-state index contributed by atoms with van der Waals surface area (Å²) in [5.41, 5.74) is 1.21. The number of thiazole rings is 1. The van der Waals surface area contributed by atoms with Crippen LogP contribution in [0.5, 0.6) is 11.5 Å². The standard InChI is InChI=1S/C21H26N4O4S/c1-13(2)21-23-15(12-30-21)20(27)22-10-6-4-5-7-18-24-19(25-29-18)14-8-9-16(26)17(11-14)28-3/h8-9,11-13,26H,4-7,10H2,1-3H3,(H,22,27). The van der Waals surface area contributed by atoms with Crippen LogP contribution in [0.3, 0.4) is 0 Å². The zero-order chi connectivity index (χ0) is 21.5. The first-order chi connectivity index (χ1) is 14.5. The van der Waals surface area contributed by atoms with E-state index in [1.54, 1.807) is 12.1 Å². The second-order valence-electron chi connectivity index (χ2n) is 7.19. The van der Waals surface area contributed by atoms with Crippen molar-refractivity contribution in [1.29, 1.82) is 0 Å². The molecule has 0 unspecified atom stereocenters. The quantitative estimate of drug-likeness (QED) is 0.464. The molecule has 0 aliphatic heterocycles. The molecule has 0 saturated carbocycles. The van der Waals surface area contributed by atoms with E-state index < -0.39 is 0 Å². The minimum atomic E-state index is -0.121. The molecule has 8 nitrogen and oxygen atoms in total. The first kappa shape index (κ1) is 21.8. The van der Waals surface area contributed by atoms with Crippen LogP contribution in [0, 0.1) is 0 Å². The van der Waals surface area contributed by atoms with Crippen LogP contribution < -0.4 is 10.1 Å². The van der Waals surface area contributed by atoms with Crippen LogP contribution in [0.4, 0.5) is 0 Å². The number of aromatic nitrogens is 3. The van der Waals surface area contributed by atoms with Gasteiger partial charge in [0.1, 0.15) is 5.69 Å². The lowest BCUT2D eigenvalue weighted by atomic mass is 10.2. The number of nitrogens with zero attached hydrogens (tertiary/aromatic N) is 3. The van der Waals surface area contributed by atoms with Crippen molar-refractivity contribution in [3.63, 3.8) is 0 Å². The molecule has 1 amide bonds. The van der Waals surface area contributed by atoms with Gasteiger partial charge >= 0.3 is 0 Å². The summed E-state index contributed by atoms with van der Waals surface area (Å²) in [6.45, 7) is 4.73. The molecule has 30 heavy (non-hydrogen) atoms. The Morgan fingerprint density at radius 3 is 2.83 bits per heavy atom. The van der Waals surface area contributed by atoms with Crippen molar-refractivity contribution >= 4 is 17.2 Å². The number of unbranched alkanes of at least 4 members (excludes halogenated alkanes) is 2. The molecule has 0 atom stereocenters. The van der Waals surface area contributed by atoms with Gasteiger partial charge in [-0.2, -0.15) is 4.98 Å². The van der Waals surface area contributed by atoms with Gasteiger partial charge in [0.15, 0.2) is 11.5 Å². The van der Waals surface area contributed by atoms with Gasteiger partial charge in [-0.1, -0.05) is 25.4 Å². The van der Waals surface area contributed by atoms with Gasteiger partial charge in [-0.15, -0.1) is 11.3 Å². The average molecular weight is 431 g/mol. The number of methoxy groups -OCH3 is 1. The van der Waals surface area contributed by atoms with Crippen LogP contribution >= 0.6 is 11.3 Å². The summed E-state index contributed by atoms with van der Waals surface area (Å²) < 4.78 is 10.4. The Kier molecular flexibility index (Phi) is 7.40. The van der Waals surface area contributed by atoms with Crippen molar-refractivity contribution in [2.24, 2.45) is 0 Å². The van der Waals surface area contributed by atoms with Gasteiger partial charge in [0.25, 0.3) is 5.91 Å². The Morgan fingerprint density at radius 1 is 1.27 bits per heavy atom. The largest absolute Gasteiger partial charge is 0.504 e. The second kappa shape index (κ2) is 10.2. The van der Waals surface area contributed by atoms with Crippen LogP contribution in [0.25, 0.3) is 11.4 Å². The van der Waals surface area contributed by atoms with Gasteiger partial charge in [-0.05, 0) is 31.0 Å². The molecule has 9 heteroatoms. The summed E-state index contributed by atoms with van der Waals surface area (Å²) in [6.07, 6.45) is 3.34. The van der Waals surface area contributed by atoms with Crippen molar-refractivity contribution in [3.8, 4) is 22.9 Å². The van der Waals surface area contributed by atoms with E-state index in [1.165, 1.54) is 24.5 Å². The summed E-state index contributed by atoms with van der Waals surface area (Å²) in [5.74, 6) is 1.65. The third kappa shape index (κ3) is 5.56. The third-order valence-corrected chi connectivity index (χ3v) is 5.65. The number of nitrogens with one attached hydrogen (secondary N) is 1. The number of aryl methyl sites for hydroxylation is 1. The molecule has 0 spiro atoms. The maximum Gasteiger partial charge on any atom is 0.270 e. The molecule has 0 bridgehead atoms. The number of carbonyl (C=O) groups excluding carboxylic acids is 1. The number of amides is 1. The highest BCUT2D eigenvalue weighted by molar-refractivity contribution is 7.09. The molecular formula is C21H26N4O4S. The molecule has 3 rings (SSSR count). The maximum absolute atomic E-state index is 12.1. The molecule has 0 aliphatic carbocycles. The Balaban J connectivity index is 1.38. The van der Waals surface area contributed by atoms with Crippen LogP contribution in [-0.4, -0.2) is 39.8 Å². The Morgan fingerprint density at radius 2 is 2.10 bits per heavy atom. The number of rotatable bonds is 10. The van der Waals surface area contributed by atoms with Crippen LogP contribution in [0.1, 0.15) is 60.4 Å². The van der Waals surface area contributed by atoms with E-state index in [1.807, 2.05) is 5.38 Å². The Labute approximate surface area is 179 Å². The molecule has 0 fully saturated rings. The third-order valence-electron chi connectivity index (χ3n) is 4.51. The molecule has 0 radical (unpaired) electrons. The van der Waals surface area contributed by atoms with Gasteiger partial charge in [0, 0.05) is 29.8 Å². The van der Waals surface area contributed by atoms with E-state index in [9.17, 15) is 9.90 Å². The average Bonchev–Trinajstić information content (AvgIpc) is 3.41. The van der Waals surface area contributed by atoms with Crippen molar-refractivity contribution in [2.75, 3.05) is 13.7 Å². The van der Waals surface area contributed by atoms with Gasteiger partial charge < -0.3 is 19.7 Å². The minimum absolute atomic E-state index is 0.0622. The van der Waals surface area contributed by atoms with Gasteiger partial charge in [-0.25, -0.2) is 4.98 Å². The van der Waals surface area contributed by atoms with Crippen LogP contribution in [0.2, 0.25) is 0 Å². The van der Waals surface area contributed by atoms with E-state index in [-0.39, 0.29) is 11.7 Å². The Hall–Kier alpha value is -2.94. The number of benzene rings is 1. The van der Waals surface area contributed by atoms with E-state index in [0.717, 1.165) is 24.3 Å². The molecule has 3 aromatic rings. The predicted octanol–water partition coefficient (Wildman–Crippen LogP) is 4.17. The molecular weight excluding hydrogens is 404 g/mol. The van der Waals surface area contributed by atoms with Crippen LogP contribution in [0.15, 0.2) is 28.1 Å². The summed E-state index contributed by atoms with van der Waals surface area (Å²) in [6, 6.07) is 4.91. The normalized spacial score (nSPS) is 11.1. The maximum atomic E-state index is 12.1. The number of hydrogen-bond donors (Lipinski definition) is 2. The zero-order valence-corrected chi connectivity index (χ0v) is 18.2. The van der Waals surface area contributed by atoms with Gasteiger partial charge in [0.05, 0.1) is 12.1 Å². The minimum Gasteiger partial charge on any atom is -0.504 e. The molecule has 160 valence electrons. The van der Waals surface area contributed by atoms with E-state index >= 15 is 0 Å². The molecule has 0 aliphatic rings. The van der Waals surface area contributed by atoms with Crippen molar-refractivity contribution < 1.29 is 19.2 Å². The highest BCUT2D eigenvalue weighted by Crippen LogP contribution is 2.30. The SMILES string of the molecule is COc1cc(-c2noc(CCCCCNC(=O)c3csc(C(C)C)n3)n2)ccc1O. The van der Waals surface area contributed by atoms with E-state index in [4.69, 9.17) is 9.26 Å². The van der Waals surface area contributed by atoms with Crippen LogP contribution in [-0.2, 0) is 6.42 Å². The lowest BCUT2D eigenvalue weighted by molar-refractivity contribution is 0.0948. The fourth-order valence-electron chi connectivity index (χ4n) is 2.82.